The van der Waals surface area contributed by atoms with Crippen LogP contribution in [0, 0.1) is 12.7 Å². The van der Waals surface area contributed by atoms with Gasteiger partial charge in [-0.2, -0.15) is 0 Å². The average Bonchev–Trinajstić information content (AvgIpc) is 2.81. The van der Waals surface area contributed by atoms with Crippen LogP contribution < -0.4 is 5.32 Å². The lowest BCUT2D eigenvalue weighted by Gasteiger charge is -2.08. The van der Waals surface area contributed by atoms with Crippen LogP contribution in [0.25, 0.3) is 0 Å². The SMILES string of the molecule is C=CCn1c(C)nnc1SCC(=O)Nc1ccc(F)cc1Cl. The van der Waals surface area contributed by atoms with Gasteiger partial charge in [0.2, 0.25) is 5.91 Å². The van der Waals surface area contributed by atoms with Gasteiger partial charge in [-0.25, -0.2) is 4.39 Å². The minimum Gasteiger partial charge on any atom is -0.324 e. The first kappa shape index (κ1) is 16.5. The Morgan fingerprint density at radius 2 is 2.32 bits per heavy atom. The second kappa shape index (κ2) is 7.42. The van der Waals surface area contributed by atoms with Gasteiger partial charge in [0.1, 0.15) is 11.6 Å². The molecule has 1 N–H and O–H groups in total. The van der Waals surface area contributed by atoms with Crippen LogP contribution in [0.2, 0.25) is 5.02 Å². The van der Waals surface area contributed by atoms with Crippen molar-refractivity contribution in [1.29, 1.82) is 0 Å². The van der Waals surface area contributed by atoms with E-state index in [-0.39, 0.29) is 16.7 Å². The molecule has 0 spiro atoms. The molecule has 0 radical (unpaired) electrons. The molecule has 0 aliphatic rings. The van der Waals surface area contributed by atoms with Crippen molar-refractivity contribution in [3.63, 3.8) is 0 Å². The van der Waals surface area contributed by atoms with Crippen LogP contribution in [0.3, 0.4) is 0 Å². The number of carbonyl (C=O) groups excluding carboxylic acids is 1. The van der Waals surface area contributed by atoms with Crippen LogP contribution >= 0.6 is 23.4 Å². The van der Waals surface area contributed by atoms with Gasteiger partial charge in [-0.15, -0.1) is 16.8 Å². The zero-order valence-corrected chi connectivity index (χ0v) is 13.4. The number of allylic oxidation sites excluding steroid dienone is 1. The number of benzene rings is 1. The molecule has 0 aliphatic carbocycles. The minimum absolute atomic E-state index is 0.142. The predicted molar refractivity (Wildman–Crippen MR) is 85.7 cm³/mol. The average molecular weight is 341 g/mol. The first-order valence-corrected chi connectivity index (χ1v) is 7.76. The van der Waals surface area contributed by atoms with E-state index < -0.39 is 5.82 Å². The van der Waals surface area contributed by atoms with E-state index in [1.54, 1.807) is 6.08 Å². The quantitative estimate of drug-likeness (QED) is 0.647. The predicted octanol–water partition coefficient (Wildman–Crippen LogP) is 3.30. The Hall–Kier alpha value is -1.86. The molecule has 0 aliphatic heterocycles. The summed E-state index contributed by atoms with van der Waals surface area (Å²) in [7, 11) is 0. The number of hydrogen-bond donors (Lipinski definition) is 1. The summed E-state index contributed by atoms with van der Waals surface area (Å²) in [5.74, 6) is 0.183. The van der Waals surface area contributed by atoms with Gasteiger partial charge in [-0.1, -0.05) is 29.4 Å². The number of aryl methyl sites for hydroxylation is 1. The van der Waals surface area contributed by atoms with E-state index in [1.807, 2.05) is 11.5 Å². The molecule has 116 valence electrons. The van der Waals surface area contributed by atoms with Crippen LogP contribution in [0.15, 0.2) is 36.0 Å². The summed E-state index contributed by atoms with van der Waals surface area (Å²) in [5.41, 5.74) is 0.373. The first-order chi connectivity index (χ1) is 10.5. The standard InChI is InChI=1S/C14H14ClFN4OS/c1-3-6-20-9(2)18-19-14(20)22-8-13(21)17-12-5-4-10(16)7-11(12)15/h3-5,7H,1,6,8H2,2H3,(H,17,21). The van der Waals surface area contributed by atoms with Gasteiger partial charge in [0.05, 0.1) is 16.5 Å². The van der Waals surface area contributed by atoms with E-state index in [4.69, 9.17) is 11.6 Å². The van der Waals surface area contributed by atoms with Gasteiger partial charge in [0, 0.05) is 6.54 Å². The van der Waals surface area contributed by atoms with Crippen molar-refractivity contribution in [3.05, 3.63) is 47.5 Å². The van der Waals surface area contributed by atoms with Gasteiger partial charge in [0.15, 0.2) is 5.16 Å². The third-order valence-electron chi connectivity index (χ3n) is 2.75. The minimum atomic E-state index is -0.453. The number of anilines is 1. The smallest absolute Gasteiger partial charge is 0.234 e. The van der Waals surface area contributed by atoms with E-state index in [0.29, 0.717) is 17.4 Å². The molecule has 0 bridgehead atoms. The fourth-order valence-corrected chi connectivity index (χ4v) is 2.72. The molecular formula is C14H14ClFN4OS. The molecule has 22 heavy (non-hydrogen) atoms. The van der Waals surface area contributed by atoms with Crippen molar-refractivity contribution in [2.75, 3.05) is 11.1 Å². The number of amides is 1. The maximum absolute atomic E-state index is 12.9. The molecule has 5 nitrogen and oxygen atoms in total. The summed E-state index contributed by atoms with van der Waals surface area (Å²) >= 11 is 7.12. The van der Waals surface area contributed by atoms with E-state index in [1.165, 1.54) is 23.9 Å². The fraction of sp³-hybridized carbons (Fsp3) is 0.214. The van der Waals surface area contributed by atoms with Crippen LogP contribution in [-0.2, 0) is 11.3 Å². The molecule has 2 rings (SSSR count). The first-order valence-electron chi connectivity index (χ1n) is 6.39. The maximum Gasteiger partial charge on any atom is 0.234 e. The Balaban J connectivity index is 1.97. The molecule has 0 unspecified atom stereocenters. The molecule has 1 aromatic heterocycles. The number of carbonyl (C=O) groups is 1. The van der Waals surface area contributed by atoms with Crippen molar-refractivity contribution in [1.82, 2.24) is 14.8 Å². The molecule has 0 saturated heterocycles. The Kier molecular flexibility index (Phi) is 5.57. The third-order valence-corrected chi connectivity index (χ3v) is 4.03. The number of nitrogens with zero attached hydrogens (tertiary/aromatic N) is 3. The van der Waals surface area contributed by atoms with Gasteiger partial charge in [-0.3, -0.25) is 4.79 Å². The second-order valence-corrected chi connectivity index (χ2v) is 5.74. The zero-order chi connectivity index (χ0) is 16.1. The highest BCUT2D eigenvalue weighted by molar-refractivity contribution is 7.99. The lowest BCUT2D eigenvalue weighted by atomic mass is 10.3. The van der Waals surface area contributed by atoms with Crippen molar-refractivity contribution in [2.45, 2.75) is 18.6 Å². The second-order valence-electron chi connectivity index (χ2n) is 4.39. The van der Waals surface area contributed by atoms with E-state index in [9.17, 15) is 9.18 Å². The molecule has 2 aromatic rings. The molecule has 1 amide bonds. The highest BCUT2D eigenvalue weighted by Gasteiger charge is 2.12. The summed E-state index contributed by atoms with van der Waals surface area (Å²) in [6.07, 6.45) is 1.73. The summed E-state index contributed by atoms with van der Waals surface area (Å²) in [6.45, 7) is 6.08. The van der Waals surface area contributed by atoms with Gasteiger partial charge >= 0.3 is 0 Å². The Labute approximate surface area is 136 Å². The number of hydrogen-bond acceptors (Lipinski definition) is 4. The lowest BCUT2D eigenvalue weighted by molar-refractivity contribution is -0.113. The van der Waals surface area contributed by atoms with Crippen molar-refractivity contribution in [3.8, 4) is 0 Å². The van der Waals surface area contributed by atoms with E-state index >= 15 is 0 Å². The summed E-state index contributed by atoms with van der Waals surface area (Å²) in [6, 6.07) is 3.80. The Bertz CT molecular complexity index is 704. The Morgan fingerprint density at radius 1 is 1.55 bits per heavy atom. The fourth-order valence-electron chi connectivity index (χ4n) is 1.71. The maximum atomic E-state index is 12.9. The summed E-state index contributed by atoms with van der Waals surface area (Å²) in [5, 5.41) is 11.4. The van der Waals surface area contributed by atoms with E-state index in [0.717, 1.165) is 11.9 Å². The van der Waals surface area contributed by atoms with Crippen LogP contribution in [-0.4, -0.2) is 26.4 Å². The van der Waals surface area contributed by atoms with Gasteiger partial charge in [-0.05, 0) is 25.1 Å². The number of thioether (sulfide) groups is 1. The van der Waals surface area contributed by atoms with Gasteiger partial charge < -0.3 is 9.88 Å². The number of halogens is 2. The lowest BCUT2D eigenvalue weighted by Crippen LogP contribution is -2.15. The van der Waals surface area contributed by atoms with Crippen molar-refractivity contribution < 1.29 is 9.18 Å². The topological polar surface area (TPSA) is 59.8 Å². The van der Waals surface area contributed by atoms with Gasteiger partial charge in [0.25, 0.3) is 0 Å². The zero-order valence-electron chi connectivity index (χ0n) is 11.8. The van der Waals surface area contributed by atoms with Crippen LogP contribution in [0.1, 0.15) is 5.82 Å². The molecule has 0 saturated carbocycles. The summed E-state index contributed by atoms with van der Waals surface area (Å²) < 4.78 is 14.8. The number of nitrogens with one attached hydrogen (secondary N) is 1. The normalized spacial score (nSPS) is 10.5. The number of rotatable bonds is 6. The molecule has 1 heterocycles. The monoisotopic (exact) mass is 340 g/mol. The Morgan fingerprint density at radius 3 is 3.00 bits per heavy atom. The molecule has 1 aromatic carbocycles. The van der Waals surface area contributed by atoms with E-state index in [2.05, 4.69) is 22.1 Å². The number of aromatic nitrogens is 3. The summed E-state index contributed by atoms with van der Waals surface area (Å²) in [4.78, 5) is 11.9. The highest BCUT2D eigenvalue weighted by Crippen LogP contribution is 2.23. The van der Waals surface area contributed by atoms with Crippen molar-refractivity contribution in [2.24, 2.45) is 0 Å². The molecule has 0 atom stereocenters. The molecular weight excluding hydrogens is 327 g/mol. The molecule has 8 heteroatoms. The van der Waals surface area contributed by atoms with Crippen molar-refractivity contribution >= 4 is 35.0 Å². The molecule has 0 fully saturated rings. The van der Waals surface area contributed by atoms with Crippen LogP contribution in [0.5, 0.6) is 0 Å². The highest BCUT2D eigenvalue weighted by atomic mass is 35.5. The van der Waals surface area contributed by atoms with Crippen LogP contribution in [0.4, 0.5) is 10.1 Å². The third kappa shape index (κ3) is 4.08. The largest absolute Gasteiger partial charge is 0.324 e.